The molecular formula is C22H33N3O5. The van der Waals surface area contributed by atoms with Crippen molar-refractivity contribution >= 4 is 24.0 Å². The van der Waals surface area contributed by atoms with Gasteiger partial charge in [0, 0.05) is 18.7 Å². The number of methoxy groups -OCH3 is 1. The monoisotopic (exact) mass is 419 g/mol. The molecule has 0 aliphatic heterocycles. The molecule has 2 unspecified atom stereocenters. The molecule has 0 radical (unpaired) electrons. The smallest absolute Gasteiger partial charge is 0.407 e. The van der Waals surface area contributed by atoms with Gasteiger partial charge in [-0.05, 0) is 50.0 Å². The molecule has 0 saturated carbocycles. The van der Waals surface area contributed by atoms with Crippen LogP contribution in [0.3, 0.4) is 0 Å². The molecule has 2 atom stereocenters. The van der Waals surface area contributed by atoms with Gasteiger partial charge in [-0.25, -0.2) is 4.79 Å². The highest BCUT2D eigenvalue weighted by atomic mass is 16.5. The Labute approximate surface area is 178 Å². The topological polar surface area (TPSA) is 106 Å². The summed E-state index contributed by atoms with van der Waals surface area (Å²) in [5, 5.41) is 8.14. The van der Waals surface area contributed by atoms with Crippen LogP contribution in [0.5, 0.6) is 5.75 Å². The number of carbonyl (C=O) groups excluding carboxylic acids is 3. The number of benzene rings is 1. The maximum atomic E-state index is 12.3. The summed E-state index contributed by atoms with van der Waals surface area (Å²) in [6, 6.07) is 6.26. The fraction of sp³-hybridized carbons (Fsp3) is 0.500. The fourth-order valence-electron chi connectivity index (χ4n) is 2.69. The SMILES string of the molecule is CCOC(=O)NC(CNC(=O)C(C)NC(=O)/C=C/c1ccc(OC)cc1)CC(C)C. The Bertz CT molecular complexity index is 716. The van der Waals surface area contributed by atoms with Gasteiger partial charge in [-0.2, -0.15) is 0 Å². The molecule has 0 fully saturated rings. The summed E-state index contributed by atoms with van der Waals surface area (Å²) in [5.41, 5.74) is 0.838. The van der Waals surface area contributed by atoms with Crippen molar-refractivity contribution < 1.29 is 23.9 Å². The first-order chi connectivity index (χ1) is 14.2. The van der Waals surface area contributed by atoms with E-state index in [2.05, 4.69) is 16.0 Å². The molecule has 8 nitrogen and oxygen atoms in total. The number of amides is 3. The Hall–Kier alpha value is -3.03. The minimum absolute atomic E-state index is 0.248. The Morgan fingerprint density at radius 1 is 1.07 bits per heavy atom. The second-order valence-corrected chi connectivity index (χ2v) is 7.27. The van der Waals surface area contributed by atoms with Crippen molar-refractivity contribution in [3.8, 4) is 5.75 Å². The van der Waals surface area contributed by atoms with Crippen LogP contribution >= 0.6 is 0 Å². The quantitative estimate of drug-likeness (QED) is 0.478. The molecule has 0 aliphatic rings. The average molecular weight is 420 g/mol. The largest absolute Gasteiger partial charge is 0.497 e. The summed E-state index contributed by atoms with van der Waals surface area (Å²) in [7, 11) is 1.59. The lowest BCUT2D eigenvalue weighted by Crippen LogP contribution is -2.49. The molecule has 0 heterocycles. The van der Waals surface area contributed by atoms with E-state index in [0.717, 1.165) is 11.3 Å². The van der Waals surface area contributed by atoms with Crippen LogP contribution in [0.15, 0.2) is 30.3 Å². The van der Waals surface area contributed by atoms with Crippen molar-refractivity contribution in [1.82, 2.24) is 16.0 Å². The van der Waals surface area contributed by atoms with Crippen LogP contribution in [0, 0.1) is 5.92 Å². The van der Waals surface area contributed by atoms with Crippen LogP contribution in [0.2, 0.25) is 0 Å². The lowest BCUT2D eigenvalue weighted by molar-refractivity contribution is -0.126. The van der Waals surface area contributed by atoms with Crippen molar-refractivity contribution in [2.24, 2.45) is 5.92 Å². The molecular weight excluding hydrogens is 386 g/mol. The lowest BCUT2D eigenvalue weighted by Gasteiger charge is -2.22. The minimum atomic E-state index is -0.722. The fourth-order valence-corrected chi connectivity index (χ4v) is 2.69. The summed E-state index contributed by atoms with van der Waals surface area (Å²) < 4.78 is 9.99. The first-order valence-electron chi connectivity index (χ1n) is 10.1. The minimum Gasteiger partial charge on any atom is -0.497 e. The van der Waals surface area contributed by atoms with Gasteiger partial charge >= 0.3 is 6.09 Å². The molecule has 0 saturated heterocycles. The van der Waals surface area contributed by atoms with Gasteiger partial charge < -0.3 is 25.4 Å². The van der Waals surface area contributed by atoms with Crippen LogP contribution in [0.1, 0.15) is 39.7 Å². The van der Waals surface area contributed by atoms with Crippen LogP contribution in [-0.4, -0.2) is 50.3 Å². The van der Waals surface area contributed by atoms with E-state index in [4.69, 9.17) is 9.47 Å². The zero-order chi connectivity index (χ0) is 22.5. The number of rotatable bonds is 11. The highest BCUT2D eigenvalue weighted by molar-refractivity contribution is 5.95. The number of ether oxygens (including phenoxy) is 2. The number of carbonyl (C=O) groups is 3. The van der Waals surface area contributed by atoms with Crippen LogP contribution in [0.4, 0.5) is 4.79 Å². The number of alkyl carbamates (subject to hydrolysis) is 1. The van der Waals surface area contributed by atoms with Gasteiger partial charge in [0.25, 0.3) is 0 Å². The van der Waals surface area contributed by atoms with Crippen molar-refractivity contribution in [3.63, 3.8) is 0 Å². The summed E-state index contributed by atoms with van der Waals surface area (Å²) in [6.45, 7) is 7.91. The van der Waals surface area contributed by atoms with Gasteiger partial charge in [0.05, 0.1) is 13.7 Å². The normalized spacial score (nSPS) is 12.9. The van der Waals surface area contributed by atoms with E-state index in [-0.39, 0.29) is 31.0 Å². The number of nitrogens with one attached hydrogen (secondary N) is 3. The third kappa shape index (κ3) is 9.95. The van der Waals surface area contributed by atoms with Crippen LogP contribution in [0.25, 0.3) is 6.08 Å². The third-order valence-electron chi connectivity index (χ3n) is 4.17. The molecule has 0 aromatic heterocycles. The van der Waals surface area contributed by atoms with Crippen LogP contribution < -0.4 is 20.7 Å². The Balaban J connectivity index is 2.51. The highest BCUT2D eigenvalue weighted by Crippen LogP contribution is 2.12. The van der Waals surface area contributed by atoms with Crippen LogP contribution in [-0.2, 0) is 14.3 Å². The lowest BCUT2D eigenvalue weighted by atomic mass is 10.0. The molecule has 1 aromatic rings. The Morgan fingerprint density at radius 2 is 1.73 bits per heavy atom. The molecule has 0 aliphatic carbocycles. The summed E-state index contributed by atoms with van der Waals surface area (Å²) in [4.78, 5) is 36.1. The van der Waals surface area contributed by atoms with E-state index in [9.17, 15) is 14.4 Å². The standard InChI is InChI=1S/C22H33N3O5/c1-6-30-22(28)25-18(13-15(2)3)14-23-21(27)16(4)24-20(26)12-9-17-7-10-19(29-5)11-8-17/h7-12,15-16,18H,6,13-14H2,1-5H3,(H,23,27)(H,24,26)(H,25,28)/b12-9+. The summed E-state index contributed by atoms with van der Waals surface area (Å²) in [5.74, 6) is 0.349. The van der Waals surface area contributed by atoms with Crippen molar-refractivity contribution in [2.75, 3.05) is 20.3 Å². The summed E-state index contributed by atoms with van der Waals surface area (Å²) in [6.07, 6.45) is 3.20. The zero-order valence-electron chi connectivity index (χ0n) is 18.4. The molecule has 1 rings (SSSR count). The molecule has 3 N–H and O–H groups in total. The molecule has 8 heteroatoms. The van der Waals surface area contributed by atoms with Crippen molar-refractivity contribution in [3.05, 3.63) is 35.9 Å². The van der Waals surface area contributed by atoms with Crippen molar-refractivity contribution in [1.29, 1.82) is 0 Å². The molecule has 3 amide bonds. The van der Waals surface area contributed by atoms with Crippen molar-refractivity contribution in [2.45, 2.75) is 46.2 Å². The second-order valence-electron chi connectivity index (χ2n) is 7.27. The molecule has 0 bridgehead atoms. The van der Waals surface area contributed by atoms with Gasteiger partial charge in [0.1, 0.15) is 11.8 Å². The molecule has 0 spiro atoms. The predicted molar refractivity (Wildman–Crippen MR) is 116 cm³/mol. The van der Waals surface area contributed by atoms with Gasteiger partial charge in [-0.3, -0.25) is 9.59 Å². The van der Waals surface area contributed by atoms with Gasteiger partial charge in [-0.1, -0.05) is 26.0 Å². The first-order valence-corrected chi connectivity index (χ1v) is 10.1. The van der Waals surface area contributed by atoms with E-state index in [0.29, 0.717) is 12.3 Å². The predicted octanol–water partition coefficient (Wildman–Crippen LogP) is 2.49. The first kappa shape index (κ1) is 25.0. The summed E-state index contributed by atoms with van der Waals surface area (Å²) >= 11 is 0. The molecule has 1 aromatic carbocycles. The maximum Gasteiger partial charge on any atom is 0.407 e. The Morgan fingerprint density at radius 3 is 2.30 bits per heavy atom. The highest BCUT2D eigenvalue weighted by Gasteiger charge is 2.19. The van der Waals surface area contributed by atoms with E-state index in [1.807, 2.05) is 26.0 Å². The number of hydrogen-bond acceptors (Lipinski definition) is 5. The van der Waals surface area contributed by atoms with E-state index in [1.165, 1.54) is 6.08 Å². The van der Waals surface area contributed by atoms with Gasteiger partial charge in [-0.15, -0.1) is 0 Å². The van der Waals surface area contributed by atoms with Gasteiger partial charge in [0.2, 0.25) is 11.8 Å². The molecule has 166 valence electrons. The average Bonchev–Trinajstić information content (AvgIpc) is 2.70. The molecule has 30 heavy (non-hydrogen) atoms. The van der Waals surface area contributed by atoms with E-state index < -0.39 is 12.1 Å². The van der Waals surface area contributed by atoms with E-state index >= 15 is 0 Å². The second kappa shape index (κ2) is 13.2. The van der Waals surface area contributed by atoms with E-state index in [1.54, 1.807) is 39.2 Å². The zero-order valence-corrected chi connectivity index (χ0v) is 18.4. The Kier molecular flexibility index (Phi) is 11.0. The third-order valence-corrected chi connectivity index (χ3v) is 4.17. The van der Waals surface area contributed by atoms with Gasteiger partial charge in [0.15, 0.2) is 0 Å². The number of hydrogen-bond donors (Lipinski definition) is 3. The maximum absolute atomic E-state index is 12.3.